The van der Waals surface area contributed by atoms with Crippen molar-refractivity contribution in [2.24, 2.45) is 0 Å². The molecule has 0 aromatic heterocycles. The van der Waals surface area contributed by atoms with Crippen molar-refractivity contribution in [3.63, 3.8) is 0 Å². The van der Waals surface area contributed by atoms with Crippen LogP contribution in [0.25, 0.3) is 6.08 Å². The zero-order valence-electron chi connectivity index (χ0n) is 10.5. The monoisotopic (exact) mass is 231 g/mol. The third-order valence-corrected chi connectivity index (χ3v) is 2.51. The number of benzene rings is 1. The fourth-order valence-electron chi connectivity index (χ4n) is 1.62. The van der Waals surface area contributed by atoms with Crippen LogP contribution in [0.1, 0.15) is 38.2 Å². The number of rotatable bonds is 7. The number of allylic oxidation sites excluding steroid dienone is 1. The van der Waals surface area contributed by atoms with Gasteiger partial charge in [0.1, 0.15) is 0 Å². The van der Waals surface area contributed by atoms with Crippen LogP contribution in [0.4, 0.5) is 0 Å². The van der Waals surface area contributed by atoms with E-state index in [4.69, 9.17) is 0 Å². The molecule has 2 nitrogen and oxygen atoms in total. The molecule has 0 bridgehead atoms. The number of nitrogens with one attached hydrogen (secondary N) is 1. The van der Waals surface area contributed by atoms with Crippen molar-refractivity contribution in [3.05, 3.63) is 42.0 Å². The number of hydrogen-bond acceptors (Lipinski definition) is 1. The largest absolute Gasteiger partial charge is 0.356 e. The van der Waals surface area contributed by atoms with E-state index < -0.39 is 0 Å². The molecule has 0 saturated heterocycles. The quantitative estimate of drug-likeness (QED) is 0.716. The molecular weight excluding hydrogens is 210 g/mol. The predicted molar refractivity (Wildman–Crippen MR) is 72.6 cm³/mol. The summed E-state index contributed by atoms with van der Waals surface area (Å²) < 4.78 is 0. The summed E-state index contributed by atoms with van der Waals surface area (Å²) in [5, 5.41) is 2.81. The Bertz CT molecular complexity index is 343. The van der Waals surface area contributed by atoms with E-state index in [9.17, 15) is 4.79 Å². The Hall–Kier alpha value is -1.57. The number of amides is 1. The fourth-order valence-corrected chi connectivity index (χ4v) is 1.62. The number of carbonyl (C=O) groups is 1. The fraction of sp³-hybridized carbons (Fsp3) is 0.400. The van der Waals surface area contributed by atoms with Crippen LogP contribution in [-0.2, 0) is 4.79 Å². The molecule has 0 spiro atoms. The lowest BCUT2D eigenvalue weighted by Gasteiger charge is -2.00. The third-order valence-electron chi connectivity index (χ3n) is 2.51. The Balaban J connectivity index is 2.08. The number of carbonyl (C=O) groups excluding carboxylic acids is 1. The van der Waals surface area contributed by atoms with Gasteiger partial charge in [-0.25, -0.2) is 0 Å². The van der Waals surface area contributed by atoms with Gasteiger partial charge in [0.05, 0.1) is 0 Å². The molecule has 1 aromatic rings. The molecule has 2 heteroatoms. The van der Waals surface area contributed by atoms with Crippen molar-refractivity contribution in [1.82, 2.24) is 5.32 Å². The van der Waals surface area contributed by atoms with Crippen molar-refractivity contribution in [1.29, 1.82) is 0 Å². The van der Waals surface area contributed by atoms with E-state index in [-0.39, 0.29) is 5.91 Å². The van der Waals surface area contributed by atoms with Gasteiger partial charge < -0.3 is 5.32 Å². The molecular formula is C15H21NO. The SMILES string of the molecule is CCNC(=O)CCCC/C=C\c1ccccc1. The highest BCUT2D eigenvalue weighted by Gasteiger charge is 1.97. The lowest BCUT2D eigenvalue weighted by Crippen LogP contribution is -2.21. The minimum atomic E-state index is 0.166. The smallest absolute Gasteiger partial charge is 0.219 e. The molecule has 1 aromatic carbocycles. The van der Waals surface area contributed by atoms with Gasteiger partial charge in [-0.1, -0.05) is 42.5 Å². The van der Waals surface area contributed by atoms with E-state index in [0.29, 0.717) is 6.42 Å². The summed E-state index contributed by atoms with van der Waals surface area (Å²) in [5.41, 5.74) is 1.23. The Morgan fingerprint density at radius 2 is 2.00 bits per heavy atom. The van der Waals surface area contributed by atoms with Crippen LogP contribution in [0.2, 0.25) is 0 Å². The molecule has 0 heterocycles. The van der Waals surface area contributed by atoms with Gasteiger partial charge in [-0.2, -0.15) is 0 Å². The number of hydrogen-bond donors (Lipinski definition) is 1. The first-order valence-corrected chi connectivity index (χ1v) is 6.31. The van der Waals surface area contributed by atoms with Crippen LogP contribution in [0.3, 0.4) is 0 Å². The van der Waals surface area contributed by atoms with Crippen LogP contribution in [0.15, 0.2) is 36.4 Å². The summed E-state index contributed by atoms with van der Waals surface area (Å²) in [6, 6.07) is 10.3. The zero-order chi connectivity index (χ0) is 12.3. The van der Waals surface area contributed by atoms with E-state index >= 15 is 0 Å². The highest BCUT2D eigenvalue weighted by atomic mass is 16.1. The molecule has 92 valence electrons. The normalized spacial score (nSPS) is 10.6. The molecule has 0 saturated carbocycles. The summed E-state index contributed by atoms with van der Waals surface area (Å²) in [5.74, 6) is 0.166. The summed E-state index contributed by atoms with van der Waals surface area (Å²) in [4.78, 5) is 11.2. The molecule has 0 aliphatic carbocycles. The maximum Gasteiger partial charge on any atom is 0.219 e. The third kappa shape index (κ3) is 6.56. The van der Waals surface area contributed by atoms with E-state index in [1.165, 1.54) is 5.56 Å². The van der Waals surface area contributed by atoms with E-state index in [1.807, 2.05) is 25.1 Å². The Labute approximate surface area is 104 Å². The highest BCUT2D eigenvalue weighted by molar-refractivity contribution is 5.75. The zero-order valence-corrected chi connectivity index (χ0v) is 10.5. The average Bonchev–Trinajstić information content (AvgIpc) is 2.35. The predicted octanol–water partition coefficient (Wildman–Crippen LogP) is 3.40. The lowest BCUT2D eigenvalue weighted by molar-refractivity contribution is -0.121. The van der Waals surface area contributed by atoms with Gasteiger partial charge in [-0.3, -0.25) is 4.79 Å². The first-order valence-electron chi connectivity index (χ1n) is 6.31. The van der Waals surface area contributed by atoms with Gasteiger partial charge in [0.15, 0.2) is 0 Å². The van der Waals surface area contributed by atoms with Gasteiger partial charge in [0.2, 0.25) is 5.91 Å². The van der Waals surface area contributed by atoms with Crippen molar-refractivity contribution in [2.45, 2.75) is 32.6 Å². The summed E-state index contributed by atoms with van der Waals surface area (Å²) in [6.45, 7) is 2.67. The maximum absolute atomic E-state index is 11.2. The minimum absolute atomic E-state index is 0.166. The van der Waals surface area contributed by atoms with Crippen LogP contribution in [-0.4, -0.2) is 12.5 Å². The molecule has 0 aliphatic rings. The molecule has 0 aliphatic heterocycles. The van der Waals surface area contributed by atoms with Crippen LogP contribution < -0.4 is 5.32 Å². The Morgan fingerprint density at radius 1 is 1.24 bits per heavy atom. The molecule has 0 fully saturated rings. The standard InChI is InChI=1S/C15H21NO/c1-2-16-15(17)13-9-4-3-6-10-14-11-7-5-8-12-14/h5-8,10-12H,2-4,9,13H2,1H3,(H,16,17)/b10-6-. The molecule has 1 N–H and O–H groups in total. The maximum atomic E-state index is 11.2. The van der Waals surface area contributed by atoms with E-state index in [2.05, 4.69) is 29.6 Å². The summed E-state index contributed by atoms with van der Waals surface area (Å²) in [6.07, 6.45) is 8.02. The van der Waals surface area contributed by atoms with Crippen molar-refractivity contribution < 1.29 is 4.79 Å². The number of unbranched alkanes of at least 4 members (excludes halogenated alkanes) is 2. The molecule has 0 atom stereocenters. The first-order chi connectivity index (χ1) is 8.33. The van der Waals surface area contributed by atoms with Gasteiger partial charge in [-0.05, 0) is 31.7 Å². The van der Waals surface area contributed by atoms with Crippen molar-refractivity contribution in [3.8, 4) is 0 Å². The molecule has 17 heavy (non-hydrogen) atoms. The van der Waals surface area contributed by atoms with Crippen LogP contribution in [0, 0.1) is 0 Å². The highest BCUT2D eigenvalue weighted by Crippen LogP contribution is 2.05. The van der Waals surface area contributed by atoms with Crippen LogP contribution in [0.5, 0.6) is 0 Å². The summed E-state index contributed by atoms with van der Waals surface area (Å²) >= 11 is 0. The lowest BCUT2D eigenvalue weighted by atomic mass is 10.1. The average molecular weight is 231 g/mol. The van der Waals surface area contributed by atoms with Gasteiger partial charge >= 0.3 is 0 Å². The van der Waals surface area contributed by atoms with Crippen LogP contribution >= 0.6 is 0 Å². The first kappa shape index (κ1) is 13.5. The second kappa shape index (κ2) is 8.57. The second-order valence-corrected chi connectivity index (χ2v) is 4.01. The van der Waals surface area contributed by atoms with E-state index in [0.717, 1.165) is 25.8 Å². The van der Waals surface area contributed by atoms with E-state index in [1.54, 1.807) is 0 Å². The van der Waals surface area contributed by atoms with Gasteiger partial charge in [-0.15, -0.1) is 0 Å². The Kier molecular flexibility index (Phi) is 6.80. The second-order valence-electron chi connectivity index (χ2n) is 4.01. The topological polar surface area (TPSA) is 29.1 Å². The van der Waals surface area contributed by atoms with Crippen molar-refractivity contribution in [2.75, 3.05) is 6.54 Å². The van der Waals surface area contributed by atoms with Crippen molar-refractivity contribution >= 4 is 12.0 Å². The molecule has 0 unspecified atom stereocenters. The Morgan fingerprint density at radius 3 is 2.71 bits per heavy atom. The molecule has 1 amide bonds. The van der Waals surface area contributed by atoms with Gasteiger partial charge in [0, 0.05) is 13.0 Å². The molecule has 0 radical (unpaired) electrons. The molecule has 1 rings (SSSR count). The van der Waals surface area contributed by atoms with Gasteiger partial charge in [0.25, 0.3) is 0 Å². The summed E-state index contributed by atoms with van der Waals surface area (Å²) in [7, 11) is 0. The minimum Gasteiger partial charge on any atom is -0.356 e.